The van der Waals surface area contributed by atoms with E-state index in [1.54, 1.807) is 18.2 Å². The summed E-state index contributed by atoms with van der Waals surface area (Å²) in [7, 11) is 0. The number of carbonyl (C=O) groups is 1. The fraction of sp³-hybridized carbons (Fsp3) is 0.611. The van der Waals surface area contributed by atoms with Crippen LogP contribution in [0.1, 0.15) is 32.6 Å². The predicted octanol–water partition coefficient (Wildman–Crippen LogP) is 2.71. The van der Waals surface area contributed by atoms with Crippen molar-refractivity contribution < 1.29 is 9.18 Å². The van der Waals surface area contributed by atoms with Crippen molar-refractivity contribution in [3.63, 3.8) is 0 Å². The van der Waals surface area contributed by atoms with Crippen molar-refractivity contribution in [1.29, 1.82) is 0 Å². The highest BCUT2D eigenvalue weighted by Gasteiger charge is 2.35. The normalized spacial score (nSPS) is 25.3. The van der Waals surface area contributed by atoms with Crippen LogP contribution in [0.15, 0.2) is 24.3 Å². The van der Waals surface area contributed by atoms with Crippen molar-refractivity contribution in [3.05, 3.63) is 30.1 Å². The zero-order valence-electron chi connectivity index (χ0n) is 13.8. The smallest absolute Gasteiger partial charge is 0.225 e. The highest BCUT2D eigenvalue weighted by Crippen LogP contribution is 2.26. The molecule has 2 fully saturated rings. The largest absolute Gasteiger partial charge is 0.324 e. The molecule has 0 unspecified atom stereocenters. The van der Waals surface area contributed by atoms with E-state index < -0.39 is 0 Å². The Morgan fingerprint density at radius 2 is 2.17 bits per heavy atom. The molecule has 5 heteroatoms. The molecule has 1 amide bonds. The van der Waals surface area contributed by atoms with E-state index in [1.165, 1.54) is 25.5 Å². The second-order valence-corrected chi connectivity index (χ2v) is 6.63. The molecule has 0 saturated carbocycles. The summed E-state index contributed by atoms with van der Waals surface area (Å²) < 4.78 is 13.6. The molecule has 1 N–H and O–H groups in total. The predicted molar refractivity (Wildman–Crippen MR) is 89.9 cm³/mol. The molecule has 2 aliphatic rings. The van der Waals surface area contributed by atoms with Gasteiger partial charge in [-0.3, -0.25) is 14.6 Å². The van der Waals surface area contributed by atoms with E-state index >= 15 is 0 Å². The number of carbonyl (C=O) groups excluding carboxylic acids is 1. The Labute approximate surface area is 137 Å². The van der Waals surface area contributed by atoms with Crippen LogP contribution in [0.3, 0.4) is 0 Å². The van der Waals surface area contributed by atoms with Crippen LogP contribution in [0, 0.1) is 5.82 Å². The molecule has 0 bridgehead atoms. The Morgan fingerprint density at radius 1 is 1.35 bits per heavy atom. The first-order valence-electron chi connectivity index (χ1n) is 8.70. The van der Waals surface area contributed by atoms with Crippen molar-refractivity contribution in [2.45, 2.75) is 44.7 Å². The Kier molecular flexibility index (Phi) is 5.28. The minimum Gasteiger partial charge on any atom is -0.324 e. The van der Waals surface area contributed by atoms with Crippen LogP contribution in [0.25, 0.3) is 0 Å². The first-order valence-corrected chi connectivity index (χ1v) is 8.70. The molecule has 23 heavy (non-hydrogen) atoms. The maximum atomic E-state index is 13.6. The van der Waals surface area contributed by atoms with Gasteiger partial charge >= 0.3 is 0 Å². The molecule has 3 rings (SSSR count). The minimum atomic E-state index is -0.383. The lowest BCUT2D eigenvalue weighted by Crippen LogP contribution is -2.56. The number of hydrogen-bond acceptors (Lipinski definition) is 3. The third kappa shape index (κ3) is 3.90. The van der Waals surface area contributed by atoms with Gasteiger partial charge in [-0.15, -0.1) is 0 Å². The van der Waals surface area contributed by atoms with Gasteiger partial charge in [-0.25, -0.2) is 4.39 Å². The molecule has 1 aromatic rings. The van der Waals surface area contributed by atoms with E-state index in [4.69, 9.17) is 0 Å². The number of nitrogens with zero attached hydrogens (tertiary/aromatic N) is 2. The summed E-state index contributed by atoms with van der Waals surface area (Å²) in [6.45, 7) is 6.38. The molecule has 0 radical (unpaired) electrons. The average molecular weight is 319 g/mol. The Hall–Kier alpha value is -1.46. The van der Waals surface area contributed by atoms with E-state index in [9.17, 15) is 9.18 Å². The number of hydrogen-bond donors (Lipinski definition) is 1. The van der Waals surface area contributed by atoms with Gasteiger partial charge in [0.05, 0.1) is 5.69 Å². The van der Waals surface area contributed by atoms with Gasteiger partial charge in [-0.1, -0.05) is 19.1 Å². The van der Waals surface area contributed by atoms with Crippen molar-refractivity contribution in [3.8, 4) is 0 Å². The molecular weight excluding hydrogens is 293 g/mol. The summed E-state index contributed by atoms with van der Waals surface area (Å²) in [6.07, 6.45) is 4.09. The number of piperazine rings is 1. The van der Waals surface area contributed by atoms with Crippen LogP contribution < -0.4 is 5.32 Å². The number of fused-ring (bicyclic) bond motifs is 1. The minimum absolute atomic E-state index is 0.112. The van der Waals surface area contributed by atoms with Gasteiger partial charge in [0.2, 0.25) is 5.91 Å². The molecule has 0 aliphatic carbocycles. The molecule has 2 saturated heterocycles. The Morgan fingerprint density at radius 3 is 2.96 bits per heavy atom. The molecule has 2 heterocycles. The number of para-hydroxylation sites is 1. The first-order chi connectivity index (χ1) is 11.2. The monoisotopic (exact) mass is 319 g/mol. The number of benzene rings is 1. The lowest BCUT2D eigenvalue weighted by Gasteiger charge is -2.43. The van der Waals surface area contributed by atoms with Crippen molar-refractivity contribution >= 4 is 11.6 Å². The Balaban J connectivity index is 1.52. The van der Waals surface area contributed by atoms with Crippen molar-refractivity contribution in [2.24, 2.45) is 0 Å². The summed E-state index contributed by atoms with van der Waals surface area (Å²) in [5.41, 5.74) is 0.269. The van der Waals surface area contributed by atoms with Gasteiger partial charge in [0.15, 0.2) is 0 Å². The van der Waals surface area contributed by atoms with Crippen LogP contribution in [-0.4, -0.2) is 54.0 Å². The average Bonchev–Trinajstić information content (AvgIpc) is 3.01. The quantitative estimate of drug-likeness (QED) is 0.906. The number of rotatable bonds is 5. The lowest BCUT2D eigenvalue weighted by atomic mass is 10.0. The fourth-order valence-corrected chi connectivity index (χ4v) is 3.83. The highest BCUT2D eigenvalue weighted by molar-refractivity contribution is 5.90. The molecule has 2 atom stereocenters. The zero-order valence-corrected chi connectivity index (χ0v) is 13.8. The molecule has 0 aromatic heterocycles. The molecule has 2 aliphatic heterocycles. The second-order valence-electron chi connectivity index (χ2n) is 6.63. The maximum absolute atomic E-state index is 13.6. The summed E-state index contributed by atoms with van der Waals surface area (Å²) in [4.78, 5) is 17.2. The molecule has 126 valence electrons. The van der Waals surface area contributed by atoms with Gasteiger partial charge in [-0.2, -0.15) is 0 Å². The first kappa shape index (κ1) is 16.4. The fourth-order valence-electron chi connectivity index (χ4n) is 3.83. The van der Waals surface area contributed by atoms with Gasteiger partial charge in [0, 0.05) is 38.1 Å². The summed E-state index contributed by atoms with van der Waals surface area (Å²) in [5.74, 6) is -0.495. The van der Waals surface area contributed by atoms with Gasteiger partial charge in [0.25, 0.3) is 0 Å². The lowest BCUT2D eigenvalue weighted by molar-refractivity contribution is -0.116. The molecule has 4 nitrogen and oxygen atoms in total. The number of amides is 1. The highest BCUT2D eigenvalue weighted by atomic mass is 19.1. The van der Waals surface area contributed by atoms with E-state index in [-0.39, 0.29) is 17.4 Å². The third-order valence-corrected chi connectivity index (χ3v) is 5.15. The molecular formula is C18H26FN3O. The summed E-state index contributed by atoms with van der Waals surface area (Å²) in [6, 6.07) is 7.50. The van der Waals surface area contributed by atoms with Crippen LogP contribution >= 0.6 is 0 Å². The summed E-state index contributed by atoms with van der Waals surface area (Å²) >= 11 is 0. The van der Waals surface area contributed by atoms with E-state index in [0.717, 1.165) is 26.1 Å². The van der Waals surface area contributed by atoms with Crippen LogP contribution in [0.4, 0.5) is 10.1 Å². The Bertz CT molecular complexity index is 551. The zero-order chi connectivity index (χ0) is 16.2. The van der Waals surface area contributed by atoms with Crippen LogP contribution in [0.5, 0.6) is 0 Å². The standard InChI is InChI=1S/C18H26FN3O/c1-2-14-12-21-10-5-6-15(21)13-22(14)11-9-18(23)20-17-8-4-3-7-16(17)19/h3-4,7-8,14-15H,2,5-6,9-13H2,1H3,(H,20,23)/t14-,15-/m0/s1. The SMILES string of the molecule is CC[C@H]1CN2CCC[C@H]2CN1CCC(=O)Nc1ccccc1F. The topological polar surface area (TPSA) is 35.6 Å². The van der Waals surface area contributed by atoms with Gasteiger partial charge in [0.1, 0.15) is 5.82 Å². The molecule has 0 spiro atoms. The van der Waals surface area contributed by atoms with E-state index in [2.05, 4.69) is 22.0 Å². The van der Waals surface area contributed by atoms with Gasteiger partial charge in [-0.05, 0) is 37.9 Å². The van der Waals surface area contributed by atoms with Crippen LogP contribution in [0.2, 0.25) is 0 Å². The van der Waals surface area contributed by atoms with Crippen molar-refractivity contribution in [2.75, 3.05) is 31.5 Å². The van der Waals surface area contributed by atoms with E-state index in [0.29, 0.717) is 18.5 Å². The van der Waals surface area contributed by atoms with Crippen molar-refractivity contribution in [1.82, 2.24) is 9.80 Å². The number of nitrogens with one attached hydrogen (secondary N) is 1. The maximum Gasteiger partial charge on any atom is 0.225 e. The van der Waals surface area contributed by atoms with Gasteiger partial charge < -0.3 is 5.32 Å². The summed E-state index contributed by atoms with van der Waals surface area (Å²) in [5, 5.41) is 2.68. The number of anilines is 1. The van der Waals surface area contributed by atoms with Crippen LogP contribution in [-0.2, 0) is 4.79 Å². The molecule has 1 aromatic carbocycles. The third-order valence-electron chi connectivity index (χ3n) is 5.15. The number of halogens is 1. The van der Waals surface area contributed by atoms with E-state index in [1.807, 2.05) is 0 Å². The second kappa shape index (κ2) is 7.41.